The zero-order valence-corrected chi connectivity index (χ0v) is 10.0. The number of nitriles is 1. The number of halogens is 1. The van der Waals surface area contributed by atoms with E-state index in [1.807, 2.05) is 13.1 Å². The molecule has 1 aromatic carbocycles. The van der Waals surface area contributed by atoms with Crippen molar-refractivity contribution in [3.05, 3.63) is 28.8 Å². The molecule has 0 N–H and O–H groups in total. The predicted octanol–water partition coefficient (Wildman–Crippen LogP) is 3.45. The Morgan fingerprint density at radius 2 is 2.20 bits per heavy atom. The van der Waals surface area contributed by atoms with E-state index in [1.165, 1.54) is 0 Å². The highest BCUT2D eigenvalue weighted by atomic mass is 35.5. The zero-order valence-electron chi connectivity index (χ0n) is 9.29. The fourth-order valence-electron chi connectivity index (χ4n) is 1.37. The summed E-state index contributed by atoms with van der Waals surface area (Å²) in [7, 11) is 2.02. The van der Waals surface area contributed by atoms with E-state index in [2.05, 4.69) is 24.8 Å². The summed E-state index contributed by atoms with van der Waals surface area (Å²) < 4.78 is 0. The summed E-state index contributed by atoms with van der Waals surface area (Å²) in [5.74, 6) is 0. The van der Waals surface area contributed by atoms with Crippen LogP contribution in [0.1, 0.15) is 25.8 Å². The summed E-state index contributed by atoms with van der Waals surface area (Å²) in [5.41, 5.74) is 1.58. The Hall–Kier alpha value is -1.20. The van der Waals surface area contributed by atoms with E-state index in [9.17, 15) is 0 Å². The van der Waals surface area contributed by atoms with E-state index < -0.39 is 0 Å². The fourth-order valence-corrected chi connectivity index (χ4v) is 1.69. The molecule has 0 aliphatic carbocycles. The standard InChI is InChI=1S/C12H15ClN2/c1-4-9(2)15(3)12-6-5-10(8-14)7-11(12)13/h5-7,9H,4H2,1-3H3. The third-order valence-corrected chi connectivity index (χ3v) is 3.01. The van der Waals surface area contributed by atoms with Crippen LogP contribution in [0.15, 0.2) is 18.2 Å². The number of hydrogen-bond acceptors (Lipinski definition) is 2. The van der Waals surface area contributed by atoms with Crippen LogP contribution < -0.4 is 4.90 Å². The summed E-state index contributed by atoms with van der Waals surface area (Å²) in [6.07, 6.45) is 1.06. The van der Waals surface area contributed by atoms with Crippen molar-refractivity contribution in [1.29, 1.82) is 5.26 Å². The zero-order chi connectivity index (χ0) is 11.4. The fraction of sp³-hybridized carbons (Fsp3) is 0.417. The molecule has 2 nitrogen and oxygen atoms in total. The van der Waals surface area contributed by atoms with Crippen LogP contribution in [0, 0.1) is 11.3 Å². The van der Waals surface area contributed by atoms with E-state index in [0.29, 0.717) is 16.6 Å². The van der Waals surface area contributed by atoms with Crippen molar-refractivity contribution in [3.63, 3.8) is 0 Å². The van der Waals surface area contributed by atoms with Gasteiger partial charge in [-0.05, 0) is 31.5 Å². The van der Waals surface area contributed by atoms with Gasteiger partial charge in [-0.1, -0.05) is 18.5 Å². The van der Waals surface area contributed by atoms with Gasteiger partial charge >= 0.3 is 0 Å². The molecule has 0 heterocycles. The lowest BCUT2D eigenvalue weighted by atomic mass is 10.1. The van der Waals surface area contributed by atoms with Crippen LogP contribution in [0.5, 0.6) is 0 Å². The van der Waals surface area contributed by atoms with E-state index in [0.717, 1.165) is 12.1 Å². The van der Waals surface area contributed by atoms with Crippen LogP contribution in [-0.4, -0.2) is 13.1 Å². The lowest BCUT2D eigenvalue weighted by Gasteiger charge is -2.26. The summed E-state index contributed by atoms with van der Waals surface area (Å²) in [5, 5.41) is 9.36. The van der Waals surface area contributed by atoms with Gasteiger partial charge in [0.1, 0.15) is 0 Å². The molecule has 15 heavy (non-hydrogen) atoms. The topological polar surface area (TPSA) is 27.0 Å². The number of anilines is 1. The smallest absolute Gasteiger partial charge is 0.0992 e. The Labute approximate surface area is 96.1 Å². The highest BCUT2D eigenvalue weighted by Gasteiger charge is 2.11. The summed E-state index contributed by atoms with van der Waals surface area (Å²) in [6, 6.07) is 7.91. The number of benzene rings is 1. The molecule has 0 saturated heterocycles. The molecule has 1 aromatic rings. The number of rotatable bonds is 3. The second kappa shape index (κ2) is 5.04. The summed E-state index contributed by atoms with van der Waals surface area (Å²) >= 11 is 6.11. The first-order chi connectivity index (χ1) is 7.10. The molecule has 1 unspecified atom stereocenters. The van der Waals surface area contributed by atoms with Crippen LogP contribution in [0.4, 0.5) is 5.69 Å². The van der Waals surface area contributed by atoms with Gasteiger partial charge in [-0.2, -0.15) is 5.26 Å². The minimum atomic E-state index is 0.440. The first kappa shape index (κ1) is 11.9. The number of nitrogens with zero attached hydrogens (tertiary/aromatic N) is 2. The van der Waals surface area contributed by atoms with E-state index in [-0.39, 0.29) is 0 Å². The second-order valence-electron chi connectivity index (χ2n) is 3.65. The first-order valence-electron chi connectivity index (χ1n) is 5.02. The molecule has 0 aromatic heterocycles. The van der Waals surface area contributed by atoms with Gasteiger partial charge in [0.05, 0.1) is 22.3 Å². The Kier molecular flexibility index (Phi) is 3.99. The average Bonchev–Trinajstić information content (AvgIpc) is 2.26. The molecule has 0 aliphatic heterocycles. The first-order valence-corrected chi connectivity index (χ1v) is 5.40. The maximum Gasteiger partial charge on any atom is 0.0992 e. The van der Waals surface area contributed by atoms with Crippen LogP contribution in [-0.2, 0) is 0 Å². The molecule has 0 bridgehead atoms. The van der Waals surface area contributed by atoms with Crippen LogP contribution >= 0.6 is 11.6 Å². The molecule has 0 spiro atoms. The minimum absolute atomic E-state index is 0.440. The molecule has 1 atom stereocenters. The van der Waals surface area contributed by atoms with Crippen molar-refractivity contribution >= 4 is 17.3 Å². The molecule has 0 amide bonds. The third-order valence-electron chi connectivity index (χ3n) is 2.71. The SMILES string of the molecule is CCC(C)N(C)c1ccc(C#N)cc1Cl. The van der Waals surface area contributed by atoms with Crippen LogP contribution in [0.3, 0.4) is 0 Å². The van der Waals surface area contributed by atoms with Crippen molar-refractivity contribution in [2.24, 2.45) is 0 Å². The van der Waals surface area contributed by atoms with Crippen molar-refractivity contribution in [2.75, 3.05) is 11.9 Å². The predicted molar refractivity (Wildman–Crippen MR) is 64.3 cm³/mol. The van der Waals surface area contributed by atoms with E-state index in [4.69, 9.17) is 16.9 Å². The number of hydrogen-bond donors (Lipinski definition) is 0. The Balaban J connectivity index is 3.01. The van der Waals surface area contributed by atoms with Gasteiger partial charge < -0.3 is 4.90 Å². The van der Waals surface area contributed by atoms with Crippen molar-refractivity contribution in [1.82, 2.24) is 0 Å². The van der Waals surface area contributed by atoms with Gasteiger partial charge in [0, 0.05) is 13.1 Å². The van der Waals surface area contributed by atoms with Gasteiger partial charge in [0.2, 0.25) is 0 Å². The van der Waals surface area contributed by atoms with Crippen LogP contribution in [0.25, 0.3) is 0 Å². The van der Waals surface area contributed by atoms with E-state index >= 15 is 0 Å². The molecule has 3 heteroatoms. The molecular formula is C12H15ClN2. The Morgan fingerprint density at radius 1 is 1.53 bits per heavy atom. The van der Waals surface area contributed by atoms with Gasteiger partial charge in [-0.3, -0.25) is 0 Å². The highest BCUT2D eigenvalue weighted by molar-refractivity contribution is 6.33. The van der Waals surface area contributed by atoms with Gasteiger partial charge in [-0.25, -0.2) is 0 Å². The quantitative estimate of drug-likeness (QED) is 0.784. The molecule has 80 valence electrons. The maximum atomic E-state index is 8.72. The monoisotopic (exact) mass is 222 g/mol. The summed E-state index contributed by atoms with van der Waals surface area (Å²) in [4.78, 5) is 2.13. The molecule has 0 radical (unpaired) electrons. The molecular weight excluding hydrogens is 208 g/mol. The van der Waals surface area contributed by atoms with Crippen molar-refractivity contribution in [2.45, 2.75) is 26.3 Å². The second-order valence-corrected chi connectivity index (χ2v) is 4.05. The lowest BCUT2D eigenvalue weighted by Crippen LogP contribution is -2.28. The average molecular weight is 223 g/mol. The van der Waals surface area contributed by atoms with E-state index in [1.54, 1.807) is 12.1 Å². The normalized spacial score (nSPS) is 11.9. The van der Waals surface area contributed by atoms with Crippen molar-refractivity contribution < 1.29 is 0 Å². The van der Waals surface area contributed by atoms with Crippen molar-refractivity contribution in [3.8, 4) is 6.07 Å². The summed E-state index contributed by atoms with van der Waals surface area (Å²) in [6.45, 7) is 4.28. The maximum absolute atomic E-state index is 8.72. The van der Waals surface area contributed by atoms with Gasteiger partial charge in [0.25, 0.3) is 0 Å². The van der Waals surface area contributed by atoms with Gasteiger partial charge in [-0.15, -0.1) is 0 Å². The third kappa shape index (κ3) is 2.64. The minimum Gasteiger partial charge on any atom is -0.371 e. The molecule has 0 saturated carbocycles. The Bertz CT molecular complexity index is 382. The van der Waals surface area contributed by atoms with Gasteiger partial charge in [0.15, 0.2) is 0 Å². The molecule has 0 aliphatic rings. The van der Waals surface area contributed by atoms with Crippen LogP contribution in [0.2, 0.25) is 5.02 Å². The highest BCUT2D eigenvalue weighted by Crippen LogP contribution is 2.27. The largest absolute Gasteiger partial charge is 0.371 e. The lowest BCUT2D eigenvalue weighted by molar-refractivity contribution is 0.664. The molecule has 0 fully saturated rings. The Morgan fingerprint density at radius 3 is 2.67 bits per heavy atom. The molecule has 1 rings (SSSR count).